The second kappa shape index (κ2) is 8.02. The van der Waals surface area contributed by atoms with Crippen molar-refractivity contribution < 1.29 is 21.6 Å². The molecule has 0 spiro atoms. The van der Waals surface area contributed by atoms with Crippen LogP contribution in [0.25, 0.3) is 22.4 Å². The highest BCUT2D eigenvalue weighted by molar-refractivity contribution is 7.89. The smallest absolute Gasteiger partial charge is 0.243 e. The number of nitrogens with two attached hydrogens (primary N) is 1. The summed E-state index contributed by atoms with van der Waals surface area (Å²) in [5.74, 6) is -3.50. The van der Waals surface area contributed by atoms with Crippen LogP contribution >= 0.6 is 11.3 Å². The zero-order chi connectivity index (χ0) is 20.5. The molecule has 0 aliphatic carbocycles. The Balaban J connectivity index is 2.26. The highest BCUT2D eigenvalue weighted by atomic mass is 32.2. The molecule has 0 unspecified atom stereocenters. The van der Waals surface area contributed by atoms with Gasteiger partial charge in [-0.3, -0.25) is 0 Å². The number of unbranched alkanes of at least 4 members (excludes halogenated alkanes) is 1. The first-order valence-corrected chi connectivity index (χ1v) is 11.0. The van der Waals surface area contributed by atoms with E-state index in [1.54, 1.807) is 17.0 Å². The molecule has 3 rings (SSSR count). The molecule has 0 amide bonds. The molecule has 3 aromatic rings. The molecule has 0 atom stereocenters. The molecule has 0 saturated carbocycles. The summed E-state index contributed by atoms with van der Waals surface area (Å²) in [4.78, 5) is 2.87. The Kier molecular flexibility index (Phi) is 5.87. The van der Waals surface area contributed by atoms with Gasteiger partial charge in [-0.1, -0.05) is 25.5 Å². The third-order valence-electron chi connectivity index (χ3n) is 4.34. The maximum atomic E-state index is 15.4. The minimum atomic E-state index is -4.66. The van der Waals surface area contributed by atoms with Crippen LogP contribution in [0.4, 0.5) is 13.2 Å². The Morgan fingerprint density at radius 1 is 1.07 bits per heavy atom. The van der Waals surface area contributed by atoms with Gasteiger partial charge >= 0.3 is 0 Å². The van der Waals surface area contributed by atoms with E-state index >= 15 is 4.39 Å². The lowest BCUT2D eigenvalue weighted by molar-refractivity contribution is 0.521. The van der Waals surface area contributed by atoms with Crippen LogP contribution in [0.1, 0.15) is 25.3 Å². The minimum absolute atomic E-state index is 0.189. The van der Waals surface area contributed by atoms with E-state index in [9.17, 15) is 17.2 Å². The van der Waals surface area contributed by atoms with E-state index in [1.165, 1.54) is 17.4 Å². The van der Waals surface area contributed by atoms with Gasteiger partial charge in [-0.2, -0.15) is 0 Å². The van der Waals surface area contributed by atoms with Crippen LogP contribution in [0.3, 0.4) is 0 Å². The minimum Gasteiger partial charge on any atom is -0.245 e. The molecule has 1 aromatic heterocycles. The van der Waals surface area contributed by atoms with Crippen molar-refractivity contribution >= 4 is 21.4 Å². The van der Waals surface area contributed by atoms with Crippen LogP contribution in [0.5, 0.6) is 0 Å². The highest BCUT2D eigenvalue weighted by Gasteiger charge is 2.26. The van der Waals surface area contributed by atoms with Crippen molar-refractivity contribution in [2.45, 2.75) is 31.1 Å². The molecule has 2 aromatic carbocycles. The van der Waals surface area contributed by atoms with E-state index in [0.717, 1.165) is 25.0 Å². The average Bonchev–Trinajstić information content (AvgIpc) is 3.13. The van der Waals surface area contributed by atoms with Gasteiger partial charge in [0.1, 0.15) is 11.6 Å². The molecule has 148 valence electrons. The van der Waals surface area contributed by atoms with Crippen molar-refractivity contribution in [1.82, 2.24) is 4.98 Å². The summed E-state index contributed by atoms with van der Waals surface area (Å²) >= 11 is 1.29. The van der Waals surface area contributed by atoms with Crippen LogP contribution in [0.2, 0.25) is 0 Å². The van der Waals surface area contributed by atoms with Crippen molar-refractivity contribution in [3.8, 4) is 22.4 Å². The number of primary sulfonamides is 1. The van der Waals surface area contributed by atoms with Crippen molar-refractivity contribution in [2.24, 2.45) is 5.14 Å². The van der Waals surface area contributed by atoms with Crippen LogP contribution in [-0.4, -0.2) is 13.4 Å². The fraction of sp³-hybridized carbons (Fsp3) is 0.211. The standard InChI is InChI=1S/C19H17F3N2O2S2/c1-2-3-4-11-5-6-12(17(21)16(11)15-9-27-10-24-15)13-7-8-14(20)19(18(13)22)28(23,25)26/h5-10H,2-4H2,1H3,(H2,23,25,26). The van der Waals surface area contributed by atoms with Crippen LogP contribution in [0, 0.1) is 17.5 Å². The number of nitrogens with zero attached hydrogens (tertiary/aromatic N) is 1. The maximum absolute atomic E-state index is 15.4. The molecular formula is C19H17F3N2O2S2. The lowest BCUT2D eigenvalue weighted by Crippen LogP contribution is -2.16. The van der Waals surface area contributed by atoms with Gasteiger partial charge in [-0.25, -0.2) is 31.7 Å². The van der Waals surface area contributed by atoms with E-state index in [4.69, 9.17) is 5.14 Å². The third kappa shape index (κ3) is 3.82. The fourth-order valence-corrected chi connectivity index (χ4v) is 4.26. The Morgan fingerprint density at radius 3 is 2.36 bits per heavy atom. The molecule has 9 heteroatoms. The molecule has 1 heterocycles. The summed E-state index contributed by atoms with van der Waals surface area (Å²) in [6.45, 7) is 2.01. The van der Waals surface area contributed by atoms with Crippen LogP contribution in [-0.2, 0) is 16.4 Å². The van der Waals surface area contributed by atoms with Crippen molar-refractivity contribution in [3.05, 3.63) is 58.2 Å². The van der Waals surface area contributed by atoms with Gasteiger partial charge < -0.3 is 0 Å². The zero-order valence-electron chi connectivity index (χ0n) is 14.9. The molecule has 4 nitrogen and oxygen atoms in total. The number of hydrogen-bond acceptors (Lipinski definition) is 4. The van der Waals surface area contributed by atoms with E-state index in [-0.39, 0.29) is 16.7 Å². The van der Waals surface area contributed by atoms with Gasteiger partial charge in [0.05, 0.1) is 11.2 Å². The summed E-state index contributed by atoms with van der Waals surface area (Å²) < 4.78 is 67.2. The quantitative estimate of drug-likeness (QED) is 0.610. The van der Waals surface area contributed by atoms with E-state index in [0.29, 0.717) is 17.7 Å². The largest absolute Gasteiger partial charge is 0.245 e. The number of aromatic nitrogens is 1. The van der Waals surface area contributed by atoms with Gasteiger partial charge in [-0.05, 0) is 30.5 Å². The van der Waals surface area contributed by atoms with Crippen molar-refractivity contribution in [3.63, 3.8) is 0 Å². The topological polar surface area (TPSA) is 73.1 Å². The van der Waals surface area contributed by atoms with Gasteiger partial charge in [-0.15, -0.1) is 11.3 Å². The predicted octanol–water partition coefficient (Wildman–Crippen LogP) is 4.88. The zero-order valence-corrected chi connectivity index (χ0v) is 16.5. The number of benzene rings is 2. The predicted molar refractivity (Wildman–Crippen MR) is 103 cm³/mol. The summed E-state index contributed by atoms with van der Waals surface area (Å²) in [7, 11) is -4.66. The van der Waals surface area contributed by atoms with E-state index in [2.05, 4.69) is 4.98 Å². The summed E-state index contributed by atoms with van der Waals surface area (Å²) in [5, 5.41) is 6.59. The Morgan fingerprint density at radius 2 is 1.75 bits per heavy atom. The molecule has 0 radical (unpaired) electrons. The first-order valence-electron chi connectivity index (χ1n) is 8.46. The number of thiazole rings is 1. The molecule has 0 aliphatic rings. The Bertz CT molecular complexity index is 1110. The van der Waals surface area contributed by atoms with E-state index in [1.807, 2.05) is 6.92 Å². The highest BCUT2D eigenvalue weighted by Crippen LogP contribution is 2.37. The van der Waals surface area contributed by atoms with E-state index < -0.39 is 32.4 Å². The SMILES string of the molecule is CCCCc1ccc(-c2ccc(F)c(S(N)(=O)=O)c2F)c(F)c1-c1cscn1. The molecule has 2 N–H and O–H groups in total. The van der Waals surface area contributed by atoms with Gasteiger partial charge in [0.2, 0.25) is 10.0 Å². The second-order valence-corrected chi connectivity index (χ2v) is 8.44. The molecular weight excluding hydrogens is 409 g/mol. The van der Waals surface area contributed by atoms with Gasteiger partial charge in [0, 0.05) is 22.1 Å². The normalized spacial score (nSPS) is 11.8. The number of hydrogen-bond donors (Lipinski definition) is 1. The Hall–Kier alpha value is -2.23. The fourth-order valence-electron chi connectivity index (χ4n) is 3.01. The first-order chi connectivity index (χ1) is 13.3. The summed E-state index contributed by atoms with van der Waals surface area (Å²) in [6.07, 6.45) is 2.34. The van der Waals surface area contributed by atoms with Crippen molar-refractivity contribution in [1.29, 1.82) is 0 Å². The van der Waals surface area contributed by atoms with Gasteiger partial charge in [0.15, 0.2) is 10.7 Å². The molecule has 28 heavy (non-hydrogen) atoms. The number of aryl methyl sites for hydroxylation is 1. The molecule has 0 saturated heterocycles. The average molecular weight is 426 g/mol. The van der Waals surface area contributed by atoms with Gasteiger partial charge in [0.25, 0.3) is 0 Å². The molecule has 0 aliphatic heterocycles. The lowest BCUT2D eigenvalue weighted by atomic mass is 9.93. The number of rotatable bonds is 6. The summed E-state index contributed by atoms with van der Waals surface area (Å²) in [6, 6.07) is 4.76. The molecule has 0 bridgehead atoms. The third-order valence-corrected chi connectivity index (χ3v) is 5.87. The number of sulfonamides is 1. The Labute approximate surface area is 164 Å². The van der Waals surface area contributed by atoms with Crippen LogP contribution in [0.15, 0.2) is 40.1 Å². The van der Waals surface area contributed by atoms with Crippen LogP contribution < -0.4 is 5.14 Å². The lowest BCUT2D eigenvalue weighted by Gasteiger charge is -2.14. The second-order valence-electron chi connectivity index (χ2n) is 6.22. The first kappa shape index (κ1) is 20.5. The molecule has 0 fully saturated rings. The maximum Gasteiger partial charge on any atom is 0.243 e. The van der Waals surface area contributed by atoms with Crippen molar-refractivity contribution in [2.75, 3.05) is 0 Å². The summed E-state index contributed by atoms with van der Waals surface area (Å²) in [5.41, 5.74) is 2.33. The number of halogens is 3. The monoisotopic (exact) mass is 426 g/mol.